The van der Waals surface area contributed by atoms with E-state index in [-0.39, 0.29) is 6.61 Å². The number of halogens is 1. The van der Waals surface area contributed by atoms with Crippen LogP contribution in [0.3, 0.4) is 0 Å². The van der Waals surface area contributed by atoms with Crippen molar-refractivity contribution in [1.82, 2.24) is 14.6 Å². The van der Waals surface area contributed by atoms with Crippen LogP contribution in [0.2, 0.25) is 5.15 Å². The van der Waals surface area contributed by atoms with Gasteiger partial charge in [0, 0.05) is 23.5 Å². The van der Waals surface area contributed by atoms with Crippen molar-refractivity contribution in [1.29, 1.82) is 0 Å². The number of nitrogens with zero attached hydrogens (tertiary/aromatic N) is 3. The molecular weight excluding hydrogens is 250 g/mol. The highest BCUT2D eigenvalue weighted by atomic mass is 35.5. The topological polar surface area (TPSA) is 50.4 Å². The zero-order valence-corrected chi connectivity index (χ0v) is 10.2. The van der Waals surface area contributed by atoms with E-state index in [1.807, 2.05) is 30.3 Å². The summed E-state index contributed by atoms with van der Waals surface area (Å²) in [5.74, 6) is 0. The summed E-state index contributed by atoms with van der Waals surface area (Å²) < 4.78 is 1.64. The fraction of sp³-hybridized carbons (Fsp3) is 0.0769. The fourth-order valence-electron chi connectivity index (χ4n) is 2.00. The minimum Gasteiger partial charge on any atom is -0.392 e. The number of benzene rings is 1. The summed E-state index contributed by atoms with van der Waals surface area (Å²) in [7, 11) is 0. The van der Waals surface area contributed by atoms with Crippen LogP contribution in [0.1, 0.15) is 5.56 Å². The molecule has 0 saturated carbocycles. The Morgan fingerprint density at radius 3 is 2.72 bits per heavy atom. The number of hydrogen-bond donors (Lipinski definition) is 1. The van der Waals surface area contributed by atoms with Crippen LogP contribution < -0.4 is 0 Å². The molecule has 90 valence electrons. The summed E-state index contributed by atoms with van der Waals surface area (Å²) >= 11 is 6.06. The molecule has 5 heteroatoms. The number of fused-ring (bicyclic) bond motifs is 1. The van der Waals surface area contributed by atoms with E-state index in [0.29, 0.717) is 16.2 Å². The van der Waals surface area contributed by atoms with Crippen molar-refractivity contribution < 1.29 is 5.11 Å². The second-order valence-corrected chi connectivity index (χ2v) is 4.22. The third kappa shape index (κ3) is 1.66. The summed E-state index contributed by atoms with van der Waals surface area (Å²) in [4.78, 5) is 4.02. The molecule has 0 fully saturated rings. The first-order valence-corrected chi connectivity index (χ1v) is 5.87. The summed E-state index contributed by atoms with van der Waals surface area (Å²) in [6.45, 7) is -0.126. The molecular formula is C13H10ClN3O. The van der Waals surface area contributed by atoms with Crippen molar-refractivity contribution in [2.45, 2.75) is 6.61 Å². The zero-order chi connectivity index (χ0) is 12.5. The van der Waals surface area contributed by atoms with Crippen LogP contribution >= 0.6 is 11.6 Å². The van der Waals surface area contributed by atoms with Crippen molar-refractivity contribution >= 4 is 17.1 Å². The Morgan fingerprint density at radius 2 is 2.00 bits per heavy atom. The van der Waals surface area contributed by atoms with Crippen LogP contribution in [0.15, 0.2) is 42.7 Å². The Morgan fingerprint density at radius 1 is 1.22 bits per heavy atom. The summed E-state index contributed by atoms with van der Waals surface area (Å²) in [5.41, 5.74) is 3.02. The van der Waals surface area contributed by atoms with Crippen LogP contribution in [0, 0.1) is 0 Å². The third-order valence-electron chi connectivity index (χ3n) is 2.81. The Balaban J connectivity index is 2.34. The standard InChI is InChI=1S/C13H10ClN3O/c14-13-12-10(8-18)11(9-4-2-1-3-5-9)16-17(12)7-6-15-13/h1-7,18H,8H2. The molecule has 0 unspecified atom stereocenters. The molecule has 0 spiro atoms. The van der Waals surface area contributed by atoms with Crippen molar-refractivity contribution in [3.63, 3.8) is 0 Å². The lowest BCUT2D eigenvalue weighted by molar-refractivity contribution is 0.284. The maximum atomic E-state index is 9.55. The van der Waals surface area contributed by atoms with E-state index in [0.717, 1.165) is 11.3 Å². The fourth-order valence-corrected chi connectivity index (χ4v) is 2.25. The number of aliphatic hydroxyl groups is 1. The smallest absolute Gasteiger partial charge is 0.155 e. The third-order valence-corrected chi connectivity index (χ3v) is 3.08. The SMILES string of the molecule is OCc1c(-c2ccccc2)nn2ccnc(Cl)c12. The van der Waals surface area contributed by atoms with Crippen LogP contribution in [-0.4, -0.2) is 19.7 Å². The second-order valence-electron chi connectivity index (χ2n) is 3.86. The quantitative estimate of drug-likeness (QED) is 0.769. The van der Waals surface area contributed by atoms with Gasteiger partial charge in [0.25, 0.3) is 0 Å². The van der Waals surface area contributed by atoms with Gasteiger partial charge in [-0.15, -0.1) is 0 Å². The van der Waals surface area contributed by atoms with Gasteiger partial charge < -0.3 is 5.11 Å². The largest absolute Gasteiger partial charge is 0.392 e. The zero-order valence-electron chi connectivity index (χ0n) is 9.42. The van der Waals surface area contributed by atoms with Gasteiger partial charge in [-0.1, -0.05) is 41.9 Å². The Kier molecular flexibility index (Phi) is 2.74. The predicted molar refractivity (Wildman–Crippen MR) is 69.4 cm³/mol. The first-order chi connectivity index (χ1) is 8.81. The van der Waals surface area contributed by atoms with E-state index in [4.69, 9.17) is 11.6 Å². The Hall–Kier alpha value is -1.91. The van der Waals surface area contributed by atoms with Crippen molar-refractivity contribution in [3.05, 3.63) is 53.4 Å². The van der Waals surface area contributed by atoms with Gasteiger partial charge in [0.2, 0.25) is 0 Å². The lowest BCUT2D eigenvalue weighted by Gasteiger charge is -1.99. The van der Waals surface area contributed by atoms with Crippen LogP contribution in [0.5, 0.6) is 0 Å². The summed E-state index contributed by atoms with van der Waals surface area (Å²) in [6.07, 6.45) is 3.30. The highest BCUT2D eigenvalue weighted by Crippen LogP contribution is 2.28. The maximum Gasteiger partial charge on any atom is 0.155 e. The minimum absolute atomic E-state index is 0.126. The molecule has 0 aliphatic heterocycles. The summed E-state index contributed by atoms with van der Waals surface area (Å²) in [5, 5.41) is 14.3. The average Bonchev–Trinajstić information content (AvgIpc) is 2.79. The predicted octanol–water partition coefficient (Wildman–Crippen LogP) is 2.54. The Labute approximate surface area is 108 Å². The van der Waals surface area contributed by atoms with Gasteiger partial charge in [-0.2, -0.15) is 5.10 Å². The molecule has 1 aromatic carbocycles. The second kappa shape index (κ2) is 4.40. The lowest BCUT2D eigenvalue weighted by atomic mass is 10.1. The van der Waals surface area contributed by atoms with Crippen LogP contribution in [0.4, 0.5) is 0 Å². The monoisotopic (exact) mass is 259 g/mol. The van der Waals surface area contributed by atoms with Crippen molar-refractivity contribution in [2.24, 2.45) is 0 Å². The molecule has 0 atom stereocenters. The van der Waals surface area contributed by atoms with E-state index in [2.05, 4.69) is 10.1 Å². The van der Waals surface area contributed by atoms with Crippen LogP contribution in [-0.2, 0) is 6.61 Å². The van der Waals surface area contributed by atoms with Gasteiger partial charge in [0.15, 0.2) is 5.15 Å². The van der Waals surface area contributed by atoms with E-state index in [1.165, 1.54) is 0 Å². The molecule has 18 heavy (non-hydrogen) atoms. The number of hydrogen-bond acceptors (Lipinski definition) is 3. The lowest BCUT2D eigenvalue weighted by Crippen LogP contribution is -1.89. The maximum absolute atomic E-state index is 9.55. The molecule has 2 aromatic heterocycles. The van der Waals surface area contributed by atoms with Crippen molar-refractivity contribution in [3.8, 4) is 11.3 Å². The van der Waals surface area contributed by atoms with E-state index < -0.39 is 0 Å². The van der Waals surface area contributed by atoms with Gasteiger partial charge in [0.05, 0.1) is 12.3 Å². The molecule has 1 N–H and O–H groups in total. The highest BCUT2D eigenvalue weighted by molar-refractivity contribution is 6.32. The normalized spacial score (nSPS) is 11.0. The highest BCUT2D eigenvalue weighted by Gasteiger charge is 2.16. The van der Waals surface area contributed by atoms with Gasteiger partial charge in [-0.3, -0.25) is 0 Å². The van der Waals surface area contributed by atoms with Crippen LogP contribution in [0.25, 0.3) is 16.8 Å². The molecule has 4 nitrogen and oxygen atoms in total. The van der Waals surface area contributed by atoms with Gasteiger partial charge in [-0.25, -0.2) is 9.50 Å². The van der Waals surface area contributed by atoms with Gasteiger partial charge >= 0.3 is 0 Å². The molecule has 0 bridgehead atoms. The molecule has 0 amide bonds. The van der Waals surface area contributed by atoms with E-state index in [1.54, 1.807) is 16.9 Å². The number of rotatable bonds is 2. The molecule has 0 radical (unpaired) electrons. The average molecular weight is 260 g/mol. The minimum atomic E-state index is -0.126. The van der Waals surface area contributed by atoms with Gasteiger partial charge in [0.1, 0.15) is 5.52 Å². The summed E-state index contributed by atoms with van der Waals surface area (Å²) in [6, 6.07) is 9.69. The Bertz CT molecular complexity index is 694. The van der Waals surface area contributed by atoms with E-state index >= 15 is 0 Å². The molecule has 0 aliphatic rings. The number of aromatic nitrogens is 3. The number of aliphatic hydroxyl groups excluding tert-OH is 1. The molecule has 0 aliphatic carbocycles. The molecule has 0 saturated heterocycles. The first-order valence-electron chi connectivity index (χ1n) is 5.49. The first kappa shape index (κ1) is 11.2. The molecule has 2 heterocycles. The van der Waals surface area contributed by atoms with Gasteiger partial charge in [-0.05, 0) is 0 Å². The molecule has 3 rings (SSSR count). The van der Waals surface area contributed by atoms with E-state index in [9.17, 15) is 5.11 Å². The molecule has 3 aromatic rings. The van der Waals surface area contributed by atoms with Crippen molar-refractivity contribution in [2.75, 3.05) is 0 Å².